The lowest BCUT2D eigenvalue weighted by molar-refractivity contribution is -0.120. The van der Waals surface area contributed by atoms with Crippen LogP contribution >= 0.6 is 0 Å². The van der Waals surface area contributed by atoms with E-state index in [1.165, 1.54) is 17.7 Å². The maximum Gasteiger partial charge on any atom is 0.234 e. The topological polar surface area (TPSA) is 41.1 Å². The smallest absolute Gasteiger partial charge is 0.234 e. The molecular weight excluding hydrogens is 267 g/mol. The van der Waals surface area contributed by atoms with Crippen molar-refractivity contribution in [1.82, 2.24) is 10.6 Å². The maximum atomic E-state index is 12.7. The summed E-state index contributed by atoms with van der Waals surface area (Å²) in [7, 11) is 0. The zero-order valence-corrected chi connectivity index (χ0v) is 11.8. The molecule has 0 radical (unpaired) electrons. The monoisotopic (exact) mass is 286 g/mol. The fourth-order valence-corrected chi connectivity index (χ4v) is 1.94. The Balaban J connectivity index is 1.60. The molecule has 2 rings (SSSR count). The molecule has 3 nitrogen and oxygen atoms in total. The number of rotatable bonds is 7. The van der Waals surface area contributed by atoms with E-state index in [2.05, 4.69) is 22.8 Å². The summed E-state index contributed by atoms with van der Waals surface area (Å²) in [5.41, 5.74) is 2.13. The Morgan fingerprint density at radius 1 is 0.952 bits per heavy atom. The molecule has 0 saturated carbocycles. The Bertz CT molecular complexity index is 555. The summed E-state index contributed by atoms with van der Waals surface area (Å²) in [6, 6.07) is 16.2. The fourth-order valence-electron chi connectivity index (χ4n) is 1.94. The normalized spacial score (nSPS) is 10.3. The van der Waals surface area contributed by atoms with Crippen LogP contribution in [0.5, 0.6) is 0 Å². The third-order valence-corrected chi connectivity index (χ3v) is 3.12. The zero-order valence-electron chi connectivity index (χ0n) is 11.8. The van der Waals surface area contributed by atoms with E-state index in [9.17, 15) is 9.18 Å². The predicted octanol–water partition coefficient (Wildman–Crippen LogP) is 2.27. The first-order chi connectivity index (χ1) is 10.2. The van der Waals surface area contributed by atoms with Crippen molar-refractivity contribution in [2.75, 3.05) is 13.1 Å². The van der Waals surface area contributed by atoms with E-state index < -0.39 is 0 Å². The van der Waals surface area contributed by atoms with Crippen molar-refractivity contribution in [3.05, 3.63) is 71.5 Å². The van der Waals surface area contributed by atoms with Gasteiger partial charge in [0.05, 0.1) is 6.54 Å². The van der Waals surface area contributed by atoms with E-state index >= 15 is 0 Å². The van der Waals surface area contributed by atoms with Crippen molar-refractivity contribution in [3.63, 3.8) is 0 Å². The molecule has 2 aromatic rings. The van der Waals surface area contributed by atoms with Crippen LogP contribution in [-0.4, -0.2) is 19.0 Å². The lowest BCUT2D eigenvalue weighted by Gasteiger charge is -2.07. The van der Waals surface area contributed by atoms with Gasteiger partial charge >= 0.3 is 0 Å². The van der Waals surface area contributed by atoms with E-state index in [4.69, 9.17) is 0 Å². The molecule has 2 N–H and O–H groups in total. The van der Waals surface area contributed by atoms with Crippen LogP contribution in [0.3, 0.4) is 0 Å². The Morgan fingerprint density at radius 3 is 2.38 bits per heavy atom. The molecule has 0 aliphatic heterocycles. The number of hydrogen-bond donors (Lipinski definition) is 2. The van der Waals surface area contributed by atoms with Gasteiger partial charge < -0.3 is 10.6 Å². The first-order valence-electron chi connectivity index (χ1n) is 7.00. The molecule has 0 saturated heterocycles. The number of carbonyl (C=O) groups excluding carboxylic acids is 1. The minimum absolute atomic E-state index is 0.0626. The summed E-state index contributed by atoms with van der Waals surface area (Å²) in [5.74, 6) is -0.333. The molecule has 0 heterocycles. The van der Waals surface area contributed by atoms with Crippen LogP contribution < -0.4 is 10.6 Å². The average molecular weight is 286 g/mol. The van der Waals surface area contributed by atoms with Crippen LogP contribution in [-0.2, 0) is 17.8 Å². The lowest BCUT2D eigenvalue weighted by Crippen LogP contribution is -2.34. The van der Waals surface area contributed by atoms with Gasteiger partial charge in [0.25, 0.3) is 0 Å². The van der Waals surface area contributed by atoms with Gasteiger partial charge in [0.1, 0.15) is 5.82 Å². The molecule has 4 heteroatoms. The highest BCUT2D eigenvalue weighted by molar-refractivity contribution is 5.77. The molecule has 1 amide bonds. The second kappa shape index (κ2) is 8.17. The Hall–Kier alpha value is -2.20. The predicted molar refractivity (Wildman–Crippen MR) is 81.3 cm³/mol. The van der Waals surface area contributed by atoms with Crippen molar-refractivity contribution < 1.29 is 9.18 Å². The Kier molecular flexibility index (Phi) is 5.91. The first-order valence-corrected chi connectivity index (χ1v) is 7.00. The van der Waals surface area contributed by atoms with Crippen LogP contribution in [0.15, 0.2) is 54.6 Å². The van der Waals surface area contributed by atoms with Gasteiger partial charge in [-0.2, -0.15) is 0 Å². The molecule has 0 unspecified atom stereocenters. The van der Waals surface area contributed by atoms with Gasteiger partial charge in [0.15, 0.2) is 0 Å². The van der Waals surface area contributed by atoms with Crippen molar-refractivity contribution in [1.29, 1.82) is 0 Å². The van der Waals surface area contributed by atoms with Gasteiger partial charge in [-0.05, 0) is 36.2 Å². The van der Waals surface area contributed by atoms with Crippen LogP contribution in [0.4, 0.5) is 4.39 Å². The lowest BCUT2D eigenvalue weighted by atomic mass is 10.1. The van der Waals surface area contributed by atoms with Gasteiger partial charge in [0.2, 0.25) is 5.91 Å². The molecule has 2 aromatic carbocycles. The molecule has 0 bridgehead atoms. The second-order valence-corrected chi connectivity index (χ2v) is 4.82. The number of nitrogens with one attached hydrogen (secondary N) is 2. The molecule has 0 aliphatic rings. The quantitative estimate of drug-likeness (QED) is 0.767. The van der Waals surface area contributed by atoms with Crippen LogP contribution in [0.1, 0.15) is 11.1 Å². The average Bonchev–Trinajstić information content (AvgIpc) is 2.52. The van der Waals surface area contributed by atoms with Gasteiger partial charge in [-0.3, -0.25) is 4.79 Å². The number of hydrogen-bond acceptors (Lipinski definition) is 2. The van der Waals surface area contributed by atoms with E-state index in [-0.39, 0.29) is 18.3 Å². The van der Waals surface area contributed by atoms with Crippen LogP contribution in [0.2, 0.25) is 0 Å². The van der Waals surface area contributed by atoms with E-state index in [0.29, 0.717) is 6.54 Å². The van der Waals surface area contributed by atoms with Gasteiger partial charge in [-0.1, -0.05) is 42.5 Å². The molecule has 0 atom stereocenters. The summed E-state index contributed by atoms with van der Waals surface area (Å²) in [6.45, 7) is 1.46. The molecule has 0 aliphatic carbocycles. The van der Waals surface area contributed by atoms with E-state index in [1.807, 2.05) is 18.2 Å². The summed E-state index contributed by atoms with van der Waals surface area (Å²) >= 11 is 0. The van der Waals surface area contributed by atoms with Gasteiger partial charge in [-0.25, -0.2) is 4.39 Å². The standard InChI is InChI=1S/C17H19FN2O/c18-16-8-6-15(7-9-16)12-20-17(21)13-19-11-10-14-4-2-1-3-5-14/h1-9,19H,10-13H2,(H,20,21). The third kappa shape index (κ3) is 5.75. The molecule has 21 heavy (non-hydrogen) atoms. The van der Waals surface area contributed by atoms with Crippen LogP contribution in [0.25, 0.3) is 0 Å². The zero-order chi connectivity index (χ0) is 14.9. The number of carbonyl (C=O) groups is 1. The number of benzene rings is 2. The third-order valence-electron chi connectivity index (χ3n) is 3.12. The van der Waals surface area contributed by atoms with Gasteiger partial charge in [0, 0.05) is 6.54 Å². The summed E-state index contributed by atoms with van der Waals surface area (Å²) in [4.78, 5) is 11.6. The van der Waals surface area contributed by atoms with Gasteiger partial charge in [-0.15, -0.1) is 0 Å². The minimum Gasteiger partial charge on any atom is -0.351 e. The maximum absolute atomic E-state index is 12.7. The van der Waals surface area contributed by atoms with Crippen LogP contribution in [0, 0.1) is 5.82 Å². The highest BCUT2D eigenvalue weighted by Gasteiger charge is 2.01. The molecule has 0 fully saturated rings. The van der Waals surface area contributed by atoms with E-state index in [0.717, 1.165) is 18.5 Å². The Labute approximate surface area is 124 Å². The van der Waals surface area contributed by atoms with Crippen molar-refractivity contribution in [2.24, 2.45) is 0 Å². The molecule has 0 aromatic heterocycles. The van der Waals surface area contributed by atoms with Crippen molar-refractivity contribution >= 4 is 5.91 Å². The Morgan fingerprint density at radius 2 is 1.67 bits per heavy atom. The molecule has 110 valence electrons. The number of amides is 1. The SMILES string of the molecule is O=C(CNCCc1ccccc1)NCc1ccc(F)cc1. The molecular formula is C17H19FN2O. The molecule has 0 spiro atoms. The highest BCUT2D eigenvalue weighted by Crippen LogP contribution is 2.01. The van der Waals surface area contributed by atoms with Crippen molar-refractivity contribution in [2.45, 2.75) is 13.0 Å². The first kappa shape index (κ1) is 15.2. The summed E-state index contributed by atoms with van der Waals surface area (Å²) in [6.07, 6.45) is 0.895. The van der Waals surface area contributed by atoms with E-state index in [1.54, 1.807) is 12.1 Å². The fraction of sp³-hybridized carbons (Fsp3) is 0.235. The largest absolute Gasteiger partial charge is 0.351 e. The second-order valence-electron chi connectivity index (χ2n) is 4.82. The summed E-state index contributed by atoms with van der Waals surface area (Å²) in [5, 5.41) is 5.90. The van der Waals surface area contributed by atoms with Crippen molar-refractivity contribution in [3.8, 4) is 0 Å². The minimum atomic E-state index is -0.271. The number of halogens is 1. The summed E-state index contributed by atoms with van der Waals surface area (Å²) < 4.78 is 12.7. The highest BCUT2D eigenvalue weighted by atomic mass is 19.1.